The third-order valence-corrected chi connectivity index (χ3v) is 4.90. The molecule has 0 aliphatic heterocycles. The van der Waals surface area contributed by atoms with Gasteiger partial charge in [-0.2, -0.15) is 10.4 Å². The lowest BCUT2D eigenvalue weighted by atomic mass is 10.1. The maximum atomic E-state index is 9.62. The first-order valence-electron chi connectivity index (χ1n) is 9.32. The molecule has 0 spiro atoms. The van der Waals surface area contributed by atoms with Crippen molar-refractivity contribution in [1.82, 2.24) is 20.2 Å². The third-order valence-electron chi connectivity index (χ3n) is 4.90. The summed E-state index contributed by atoms with van der Waals surface area (Å²) < 4.78 is 5.24. The average Bonchev–Trinajstić information content (AvgIpc) is 3.21. The van der Waals surface area contributed by atoms with E-state index in [1.54, 1.807) is 25.3 Å². The summed E-state index contributed by atoms with van der Waals surface area (Å²) in [5.74, 6) is 2.36. The molecule has 0 aliphatic carbocycles. The number of aromatic nitrogens is 4. The van der Waals surface area contributed by atoms with Crippen LogP contribution in [0.4, 0.5) is 11.6 Å². The van der Waals surface area contributed by atoms with Crippen molar-refractivity contribution in [1.29, 1.82) is 5.26 Å². The molecule has 2 aromatic heterocycles. The van der Waals surface area contributed by atoms with Gasteiger partial charge >= 0.3 is 0 Å². The number of aromatic amines is 1. The van der Waals surface area contributed by atoms with Gasteiger partial charge in [0.1, 0.15) is 17.6 Å². The molecule has 0 amide bonds. The number of ether oxygens (including phenoxy) is 1. The molecule has 0 unspecified atom stereocenters. The molecule has 3 aromatic carbocycles. The minimum atomic E-state index is 0.445. The van der Waals surface area contributed by atoms with E-state index in [1.807, 2.05) is 48.5 Å². The van der Waals surface area contributed by atoms with Crippen molar-refractivity contribution in [2.45, 2.75) is 0 Å². The van der Waals surface area contributed by atoms with Gasteiger partial charge in [-0.05, 0) is 42.5 Å². The minimum Gasteiger partial charge on any atom is -0.497 e. The van der Waals surface area contributed by atoms with E-state index in [0.717, 1.165) is 21.8 Å². The predicted molar refractivity (Wildman–Crippen MR) is 116 cm³/mol. The molecule has 5 rings (SSSR count). The van der Waals surface area contributed by atoms with Crippen LogP contribution in [-0.4, -0.2) is 27.3 Å². The van der Waals surface area contributed by atoms with Crippen LogP contribution in [-0.2, 0) is 0 Å². The summed E-state index contributed by atoms with van der Waals surface area (Å²) >= 11 is 0. The molecular weight excluding hydrogens is 376 g/mol. The topological polar surface area (TPSA) is 99.5 Å². The monoisotopic (exact) mass is 392 g/mol. The summed E-state index contributed by atoms with van der Waals surface area (Å²) in [6.07, 6.45) is 0. The van der Waals surface area contributed by atoms with Gasteiger partial charge in [-0.15, -0.1) is 0 Å². The summed E-state index contributed by atoms with van der Waals surface area (Å²) in [5.41, 5.74) is 2.78. The Labute approximate surface area is 172 Å². The van der Waals surface area contributed by atoms with E-state index in [9.17, 15) is 5.26 Å². The number of hydrogen-bond acceptors (Lipinski definition) is 6. The first-order chi connectivity index (χ1) is 14.8. The minimum absolute atomic E-state index is 0.445. The van der Waals surface area contributed by atoms with Crippen molar-refractivity contribution < 1.29 is 4.74 Å². The fourth-order valence-corrected chi connectivity index (χ4v) is 3.40. The normalized spacial score (nSPS) is 10.8. The highest BCUT2D eigenvalue weighted by atomic mass is 16.5. The molecule has 5 aromatic rings. The van der Waals surface area contributed by atoms with E-state index in [0.29, 0.717) is 34.3 Å². The van der Waals surface area contributed by atoms with Crippen LogP contribution in [0, 0.1) is 11.3 Å². The molecule has 7 heteroatoms. The maximum absolute atomic E-state index is 9.62. The van der Waals surface area contributed by atoms with Gasteiger partial charge in [0.25, 0.3) is 0 Å². The molecule has 0 bridgehead atoms. The Morgan fingerprint density at radius 1 is 0.933 bits per heavy atom. The van der Waals surface area contributed by atoms with Crippen molar-refractivity contribution >= 4 is 33.4 Å². The first-order valence-corrected chi connectivity index (χ1v) is 9.32. The largest absolute Gasteiger partial charge is 0.497 e. The van der Waals surface area contributed by atoms with E-state index >= 15 is 0 Å². The predicted octanol–water partition coefficient (Wildman–Crippen LogP) is 4.80. The van der Waals surface area contributed by atoms with Crippen LogP contribution in [0.2, 0.25) is 0 Å². The number of hydrogen-bond donors (Lipinski definition) is 2. The molecule has 0 fully saturated rings. The van der Waals surface area contributed by atoms with Crippen LogP contribution >= 0.6 is 0 Å². The SMILES string of the molecule is COc1ccc(-c2nc(Nc3n[nH]c4ccccc34)c3ccccc3n2)c(C#N)c1. The van der Waals surface area contributed by atoms with E-state index in [2.05, 4.69) is 21.6 Å². The number of benzene rings is 3. The van der Waals surface area contributed by atoms with E-state index in [1.165, 1.54) is 0 Å². The number of para-hydroxylation sites is 2. The molecule has 2 heterocycles. The Hall–Kier alpha value is -4.44. The Morgan fingerprint density at radius 2 is 1.73 bits per heavy atom. The fraction of sp³-hybridized carbons (Fsp3) is 0.0435. The van der Waals surface area contributed by atoms with Crippen LogP contribution < -0.4 is 10.1 Å². The number of methoxy groups -OCH3 is 1. The van der Waals surface area contributed by atoms with Crippen molar-refractivity contribution in [2.24, 2.45) is 0 Å². The van der Waals surface area contributed by atoms with E-state index in [-0.39, 0.29) is 0 Å². The highest BCUT2D eigenvalue weighted by Crippen LogP contribution is 2.31. The van der Waals surface area contributed by atoms with Gasteiger partial charge < -0.3 is 10.1 Å². The van der Waals surface area contributed by atoms with Crippen LogP contribution in [0.1, 0.15) is 5.56 Å². The van der Waals surface area contributed by atoms with Gasteiger partial charge in [-0.3, -0.25) is 5.10 Å². The second kappa shape index (κ2) is 7.18. The zero-order valence-electron chi connectivity index (χ0n) is 16.0. The van der Waals surface area contributed by atoms with Crippen molar-refractivity contribution in [2.75, 3.05) is 12.4 Å². The smallest absolute Gasteiger partial charge is 0.163 e. The zero-order valence-corrected chi connectivity index (χ0v) is 16.0. The maximum Gasteiger partial charge on any atom is 0.163 e. The van der Waals surface area contributed by atoms with E-state index in [4.69, 9.17) is 14.7 Å². The van der Waals surface area contributed by atoms with Crippen LogP contribution in [0.5, 0.6) is 5.75 Å². The highest BCUT2D eigenvalue weighted by molar-refractivity contribution is 5.97. The van der Waals surface area contributed by atoms with Crippen LogP contribution in [0.15, 0.2) is 66.7 Å². The van der Waals surface area contributed by atoms with Gasteiger partial charge in [-0.25, -0.2) is 9.97 Å². The van der Waals surface area contributed by atoms with Crippen LogP contribution in [0.3, 0.4) is 0 Å². The number of nitrogens with one attached hydrogen (secondary N) is 2. The van der Waals surface area contributed by atoms with Crippen LogP contribution in [0.25, 0.3) is 33.2 Å². The molecule has 2 N–H and O–H groups in total. The van der Waals surface area contributed by atoms with Crippen molar-refractivity contribution in [3.63, 3.8) is 0 Å². The lowest BCUT2D eigenvalue weighted by Gasteiger charge is -2.11. The quantitative estimate of drug-likeness (QED) is 0.456. The van der Waals surface area contributed by atoms with Gasteiger partial charge in [-0.1, -0.05) is 24.3 Å². The Morgan fingerprint density at radius 3 is 2.57 bits per heavy atom. The number of fused-ring (bicyclic) bond motifs is 2. The number of H-pyrrole nitrogens is 1. The standard InChI is InChI=1S/C23H16N6O/c1-30-15-10-11-16(14(12-15)13-24)21-25-19-8-4-2-6-17(19)22(26-21)27-23-18-7-3-5-9-20(18)28-29-23/h2-12H,1H3,(H2,25,26,27,28,29). The number of rotatable bonds is 4. The van der Waals surface area contributed by atoms with Crippen molar-refractivity contribution in [3.8, 4) is 23.2 Å². The number of nitriles is 1. The van der Waals surface area contributed by atoms with Gasteiger partial charge in [0.2, 0.25) is 0 Å². The summed E-state index contributed by atoms with van der Waals surface area (Å²) in [6, 6.07) is 23.1. The van der Waals surface area contributed by atoms with Gasteiger partial charge in [0.15, 0.2) is 11.6 Å². The zero-order chi connectivity index (χ0) is 20.5. The van der Waals surface area contributed by atoms with E-state index < -0.39 is 0 Å². The Balaban J connectivity index is 1.68. The molecule has 0 radical (unpaired) electrons. The molecule has 0 aliphatic rings. The van der Waals surface area contributed by atoms with Gasteiger partial charge in [0, 0.05) is 16.3 Å². The number of nitrogens with zero attached hydrogens (tertiary/aromatic N) is 4. The Kier molecular flexibility index (Phi) is 4.23. The molecule has 30 heavy (non-hydrogen) atoms. The summed E-state index contributed by atoms with van der Waals surface area (Å²) in [5, 5.41) is 22.2. The lowest BCUT2D eigenvalue weighted by Crippen LogP contribution is -2.01. The Bertz CT molecular complexity index is 1430. The second-order valence-corrected chi connectivity index (χ2v) is 6.68. The summed E-state index contributed by atoms with van der Waals surface area (Å²) in [4.78, 5) is 9.44. The lowest BCUT2D eigenvalue weighted by molar-refractivity contribution is 0.414. The van der Waals surface area contributed by atoms with Crippen molar-refractivity contribution in [3.05, 3.63) is 72.3 Å². The molecule has 0 atom stereocenters. The molecule has 144 valence electrons. The summed E-state index contributed by atoms with van der Waals surface area (Å²) in [7, 11) is 1.57. The summed E-state index contributed by atoms with van der Waals surface area (Å²) in [6.45, 7) is 0. The highest BCUT2D eigenvalue weighted by Gasteiger charge is 2.15. The number of anilines is 2. The average molecular weight is 392 g/mol. The van der Waals surface area contributed by atoms with Gasteiger partial charge in [0.05, 0.1) is 23.7 Å². The second-order valence-electron chi connectivity index (χ2n) is 6.68. The molecule has 0 saturated carbocycles. The third kappa shape index (κ3) is 2.97. The first kappa shape index (κ1) is 17.6. The molecule has 7 nitrogen and oxygen atoms in total. The molecular formula is C23H16N6O. The molecule has 0 saturated heterocycles. The fourth-order valence-electron chi connectivity index (χ4n) is 3.40.